The van der Waals surface area contributed by atoms with Gasteiger partial charge in [0.1, 0.15) is 11.6 Å². The van der Waals surface area contributed by atoms with Crippen LogP contribution in [0.2, 0.25) is 5.02 Å². The molecular weight excluding hydrogens is 475 g/mol. The number of fused-ring (bicyclic) bond motifs is 1. The lowest BCUT2D eigenvalue weighted by Gasteiger charge is -2.26. The molecule has 2 aliphatic rings. The minimum Gasteiger partial charge on any atom is -0.356 e. The Balaban J connectivity index is 0.00000210. The maximum atomic E-state index is 6.18. The Kier molecular flexibility index (Phi) is 6.30. The summed E-state index contributed by atoms with van der Waals surface area (Å²) < 4.78 is 2.01. The van der Waals surface area contributed by atoms with Crippen molar-refractivity contribution >= 4 is 41.5 Å². The van der Waals surface area contributed by atoms with Crippen LogP contribution in [0.5, 0.6) is 0 Å². The zero-order valence-electron chi connectivity index (χ0n) is 15.7. The van der Waals surface area contributed by atoms with Crippen LogP contribution in [0.1, 0.15) is 48.9 Å². The molecule has 0 bridgehead atoms. The molecular formula is C19H26ClIN6. The van der Waals surface area contributed by atoms with Crippen LogP contribution < -0.4 is 10.6 Å². The molecule has 2 heterocycles. The fourth-order valence-electron chi connectivity index (χ4n) is 3.75. The number of rotatable bonds is 4. The molecule has 0 amide bonds. The van der Waals surface area contributed by atoms with E-state index < -0.39 is 0 Å². The molecule has 1 saturated carbocycles. The highest BCUT2D eigenvalue weighted by Gasteiger charge is 2.44. The second-order valence-corrected chi connectivity index (χ2v) is 7.73. The molecule has 1 aromatic heterocycles. The second-order valence-electron chi connectivity index (χ2n) is 7.30. The van der Waals surface area contributed by atoms with Gasteiger partial charge in [0.2, 0.25) is 0 Å². The summed E-state index contributed by atoms with van der Waals surface area (Å²) in [4.78, 5) is 9.01. The van der Waals surface area contributed by atoms with Crippen LogP contribution in [0.3, 0.4) is 0 Å². The van der Waals surface area contributed by atoms with Gasteiger partial charge in [0.15, 0.2) is 5.96 Å². The molecule has 2 aromatic rings. The monoisotopic (exact) mass is 500 g/mol. The zero-order chi connectivity index (χ0) is 18.1. The Morgan fingerprint density at radius 2 is 2.22 bits per heavy atom. The standard InChI is InChI=1S/C19H25ClN6.HI/c1-13-23-17-16(7-4-10-26(17)25-13)24-18(21-2)22-12-19(8-9-19)14-5-3-6-15(20)11-14;/h3,5-6,11,16H,4,7-10,12H2,1-2H3,(H2,21,22,24);1H. The Morgan fingerprint density at radius 1 is 1.41 bits per heavy atom. The van der Waals surface area contributed by atoms with Gasteiger partial charge in [0.05, 0.1) is 6.04 Å². The number of aryl methyl sites for hydroxylation is 2. The van der Waals surface area contributed by atoms with E-state index in [9.17, 15) is 0 Å². The fraction of sp³-hybridized carbons (Fsp3) is 0.526. The topological polar surface area (TPSA) is 67.1 Å². The van der Waals surface area contributed by atoms with Gasteiger partial charge < -0.3 is 10.6 Å². The third-order valence-corrected chi connectivity index (χ3v) is 5.64. The minimum atomic E-state index is 0. The smallest absolute Gasteiger partial charge is 0.191 e. The van der Waals surface area contributed by atoms with Crippen molar-refractivity contribution in [2.45, 2.75) is 50.6 Å². The molecule has 1 aliphatic carbocycles. The summed E-state index contributed by atoms with van der Waals surface area (Å²) in [5, 5.41) is 12.3. The number of aliphatic imine (C=N–C) groups is 1. The Bertz CT molecular complexity index is 829. The van der Waals surface area contributed by atoms with E-state index in [4.69, 9.17) is 11.6 Å². The molecule has 4 rings (SSSR count). The van der Waals surface area contributed by atoms with Crippen molar-refractivity contribution in [3.05, 3.63) is 46.5 Å². The van der Waals surface area contributed by atoms with E-state index in [0.717, 1.165) is 48.6 Å². The zero-order valence-corrected chi connectivity index (χ0v) is 18.8. The lowest BCUT2D eigenvalue weighted by atomic mass is 9.96. The summed E-state index contributed by atoms with van der Waals surface area (Å²) in [6.07, 6.45) is 4.48. The molecule has 1 unspecified atom stereocenters. The first-order valence-electron chi connectivity index (χ1n) is 9.24. The van der Waals surface area contributed by atoms with Gasteiger partial charge in [-0.05, 0) is 50.3 Å². The molecule has 1 fully saturated rings. The van der Waals surface area contributed by atoms with Crippen LogP contribution in [0.4, 0.5) is 0 Å². The van der Waals surface area contributed by atoms with Gasteiger partial charge in [0, 0.05) is 30.6 Å². The molecule has 146 valence electrons. The van der Waals surface area contributed by atoms with Gasteiger partial charge in [-0.25, -0.2) is 9.67 Å². The maximum Gasteiger partial charge on any atom is 0.191 e. The van der Waals surface area contributed by atoms with E-state index in [1.165, 1.54) is 18.4 Å². The van der Waals surface area contributed by atoms with Crippen molar-refractivity contribution in [1.29, 1.82) is 0 Å². The van der Waals surface area contributed by atoms with Crippen LogP contribution in [-0.4, -0.2) is 34.3 Å². The van der Waals surface area contributed by atoms with Crippen LogP contribution in [0, 0.1) is 6.92 Å². The largest absolute Gasteiger partial charge is 0.356 e. The second kappa shape index (κ2) is 8.34. The Morgan fingerprint density at radius 3 is 2.93 bits per heavy atom. The van der Waals surface area contributed by atoms with E-state index in [1.807, 2.05) is 30.8 Å². The van der Waals surface area contributed by atoms with Crippen molar-refractivity contribution in [2.75, 3.05) is 13.6 Å². The van der Waals surface area contributed by atoms with Crippen molar-refractivity contribution in [3.8, 4) is 0 Å². The first kappa shape index (κ1) is 20.4. The number of hydrogen-bond donors (Lipinski definition) is 2. The quantitative estimate of drug-likeness (QED) is 0.383. The normalized spacial score (nSPS) is 20.4. The van der Waals surface area contributed by atoms with E-state index in [0.29, 0.717) is 0 Å². The van der Waals surface area contributed by atoms with E-state index in [-0.39, 0.29) is 35.4 Å². The van der Waals surface area contributed by atoms with Crippen LogP contribution >= 0.6 is 35.6 Å². The third-order valence-electron chi connectivity index (χ3n) is 5.40. The van der Waals surface area contributed by atoms with Crippen molar-refractivity contribution < 1.29 is 0 Å². The van der Waals surface area contributed by atoms with E-state index in [1.54, 1.807) is 0 Å². The number of halogens is 2. The number of hydrogen-bond acceptors (Lipinski definition) is 3. The SMILES string of the molecule is CN=C(NCC1(c2cccc(Cl)c2)CC1)NC1CCCn2nc(C)nc21.I. The summed E-state index contributed by atoms with van der Waals surface area (Å²) in [5.41, 5.74) is 1.48. The molecule has 6 nitrogen and oxygen atoms in total. The number of aromatic nitrogens is 3. The molecule has 2 N–H and O–H groups in total. The number of nitrogens with zero attached hydrogens (tertiary/aromatic N) is 4. The lowest BCUT2D eigenvalue weighted by molar-refractivity contribution is 0.397. The maximum absolute atomic E-state index is 6.18. The van der Waals surface area contributed by atoms with E-state index >= 15 is 0 Å². The third kappa shape index (κ3) is 4.39. The molecule has 0 spiro atoms. The highest BCUT2D eigenvalue weighted by atomic mass is 127. The predicted molar refractivity (Wildman–Crippen MR) is 119 cm³/mol. The molecule has 1 aromatic carbocycles. The predicted octanol–water partition coefficient (Wildman–Crippen LogP) is 3.59. The summed E-state index contributed by atoms with van der Waals surface area (Å²) in [6, 6.07) is 8.36. The lowest BCUT2D eigenvalue weighted by Crippen LogP contribution is -2.44. The number of nitrogens with one attached hydrogen (secondary N) is 2. The van der Waals surface area contributed by atoms with Crippen LogP contribution in [0.15, 0.2) is 29.3 Å². The highest BCUT2D eigenvalue weighted by molar-refractivity contribution is 14.0. The van der Waals surface area contributed by atoms with Crippen molar-refractivity contribution in [1.82, 2.24) is 25.4 Å². The average Bonchev–Trinajstić information content (AvgIpc) is 3.33. The molecule has 1 atom stereocenters. The van der Waals surface area contributed by atoms with Gasteiger partial charge >= 0.3 is 0 Å². The molecule has 0 radical (unpaired) electrons. The summed E-state index contributed by atoms with van der Waals surface area (Å²) in [7, 11) is 1.81. The first-order chi connectivity index (χ1) is 12.6. The highest BCUT2D eigenvalue weighted by Crippen LogP contribution is 2.48. The van der Waals surface area contributed by atoms with Gasteiger partial charge in [-0.2, -0.15) is 5.10 Å². The molecule has 27 heavy (non-hydrogen) atoms. The van der Waals surface area contributed by atoms with Crippen molar-refractivity contribution in [2.24, 2.45) is 4.99 Å². The van der Waals surface area contributed by atoms with Gasteiger partial charge in [0.25, 0.3) is 0 Å². The molecule has 0 saturated heterocycles. The summed E-state index contributed by atoms with van der Waals surface area (Å²) in [6.45, 7) is 3.74. The van der Waals surface area contributed by atoms with Gasteiger partial charge in [-0.15, -0.1) is 24.0 Å². The van der Waals surface area contributed by atoms with Crippen LogP contribution in [0.25, 0.3) is 0 Å². The summed E-state index contributed by atoms with van der Waals surface area (Å²) in [5.74, 6) is 2.65. The number of guanidine groups is 1. The summed E-state index contributed by atoms with van der Waals surface area (Å²) >= 11 is 6.18. The first-order valence-corrected chi connectivity index (χ1v) is 9.62. The average molecular weight is 501 g/mol. The molecule has 8 heteroatoms. The fourth-order valence-corrected chi connectivity index (χ4v) is 3.94. The Labute approximate surface area is 182 Å². The van der Waals surface area contributed by atoms with Gasteiger partial charge in [-0.1, -0.05) is 23.7 Å². The van der Waals surface area contributed by atoms with Crippen molar-refractivity contribution in [3.63, 3.8) is 0 Å². The number of benzene rings is 1. The molecule has 1 aliphatic heterocycles. The van der Waals surface area contributed by atoms with E-state index in [2.05, 4.69) is 37.8 Å². The van der Waals surface area contributed by atoms with Gasteiger partial charge in [-0.3, -0.25) is 4.99 Å². The Hall–Kier alpha value is -1.35. The van der Waals surface area contributed by atoms with Crippen LogP contribution in [-0.2, 0) is 12.0 Å². The minimum absolute atomic E-state index is 0.